The fourth-order valence-corrected chi connectivity index (χ4v) is 0.694. The van der Waals surface area contributed by atoms with Crippen LogP contribution in [-0.2, 0) is 0 Å². The van der Waals surface area contributed by atoms with Crippen molar-refractivity contribution >= 4 is 0 Å². The molecule has 0 fully saturated rings. The van der Waals surface area contributed by atoms with Crippen LogP contribution < -0.4 is 0 Å². The van der Waals surface area contributed by atoms with Gasteiger partial charge in [0.25, 0.3) is 0 Å². The molecule has 0 spiro atoms. The van der Waals surface area contributed by atoms with Gasteiger partial charge < -0.3 is 0 Å². The zero-order valence-corrected chi connectivity index (χ0v) is 7.88. The van der Waals surface area contributed by atoms with Crippen molar-refractivity contribution in [3.63, 3.8) is 0 Å². The molecule has 0 aromatic carbocycles. The second-order valence-corrected chi connectivity index (χ2v) is 2.31. The number of allylic oxidation sites excluding steroid dienone is 6. The minimum Gasteiger partial charge on any atom is -0.120 e. The molecule has 0 rings (SSSR count). The van der Waals surface area contributed by atoms with Crippen LogP contribution in [0.5, 0.6) is 0 Å². The summed E-state index contributed by atoms with van der Waals surface area (Å²) < 4.78 is 0. The van der Waals surface area contributed by atoms with Gasteiger partial charge in [-0.25, -0.2) is 0 Å². The van der Waals surface area contributed by atoms with E-state index < -0.39 is 0 Å². The molecule has 0 radical (unpaired) electrons. The molecule has 0 N–H and O–H groups in total. The molecule has 0 saturated heterocycles. The van der Waals surface area contributed by atoms with Crippen LogP contribution in [0, 0.1) is 0 Å². The third kappa shape index (κ3) is 5.52. The van der Waals surface area contributed by atoms with Crippen LogP contribution in [0.15, 0.2) is 54.3 Å². The highest BCUT2D eigenvalue weighted by atomic mass is 13.8. The lowest BCUT2D eigenvalue weighted by Gasteiger charge is -1.87. The zero-order valence-electron chi connectivity index (χ0n) is 7.88. The SMILES string of the molecule is C=CC=C=CC(C=CCC)=CC. The molecule has 0 aliphatic carbocycles. The van der Waals surface area contributed by atoms with Crippen molar-refractivity contribution in [2.45, 2.75) is 20.3 Å². The van der Waals surface area contributed by atoms with Gasteiger partial charge in [0, 0.05) is 0 Å². The maximum atomic E-state index is 3.57. The van der Waals surface area contributed by atoms with E-state index in [0.717, 1.165) is 6.42 Å². The Morgan fingerprint density at radius 3 is 2.75 bits per heavy atom. The van der Waals surface area contributed by atoms with E-state index in [1.807, 2.05) is 13.0 Å². The number of hydrogen-bond donors (Lipinski definition) is 0. The Balaban J connectivity index is 4.29. The quantitative estimate of drug-likeness (QED) is 0.433. The van der Waals surface area contributed by atoms with Crippen LogP contribution in [0.3, 0.4) is 0 Å². The Kier molecular flexibility index (Phi) is 7.02. The van der Waals surface area contributed by atoms with Gasteiger partial charge in [-0.05, 0) is 31.1 Å². The van der Waals surface area contributed by atoms with Crippen molar-refractivity contribution in [3.8, 4) is 0 Å². The van der Waals surface area contributed by atoms with E-state index >= 15 is 0 Å². The van der Waals surface area contributed by atoms with Gasteiger partial charge in [0.2, 0.25) is 0 Å². The Labute approximate surface area is 75.3 Å². The Bertz CT molecular complexity index is 233. The average molecular weight is 160 g/mol. The molecule has 0 heteroatoms. The van der Waals surface area contributed by atoms with Crippen molar-refractivity contribution in [1.82, 2.24) is 0 Å². The Morgan fingerprint density at radius 2 is 2.25 bits per heavy atom. The molecule has 0 aromatic rings. The summed E-state index contributed by atoms with van der Waals surface area (Å²) in [5.41, 5.74) is 4.18. The summed E-state index contributed by atoms with van der Waals surface area (Å²) >= 11 is 0. The molecule has 0 unspecified atom stereocenters. The monoisotopic (exact) mass is 160 g/mol. The van der Waals surface area contributed by atoms with Crippen LogP contribution in [-0.4, -0.2) is 0 Å². The van der Waals surface area contributed by atoms with Crippen molar-refractivity contribution in [3.05, 3.63) is 54.3 Å². The predicted molar refractivity (Wildman–Crippen MR) is 56.0 cm³/mol. The van der Waals surface area contributed by atoms with E-state index in [1.54, 1.807) is 12.2 Å². The third-order valence-corrected chi connectivity index (χ3v) is 1.34. The van der Waals surface area contributed by atoms with Gasteiger partial charge in [-0.15, -0.1) is 5.73 Å². The second-order valence-electron chi connectivity index (χ2n) is 2.31. The van der Waals surface area contributed by atoms with Crippen LogP contribution in [0.1, 0.15) is 20.3 Å². The normalized spacial score (nSPS) is 11.0. The first-order chi connectivity index (χ1) is 5.85. The second kappa shape index (κ2) is 7.84. The van der Waals surface area contributed by atoms with Gasteiger partial charge in [0.15, 0.2) is 0 Å². The van der Waals surface area contributed by atoms with Gasteiger partial charge in [0.1, 0.15) is 0 Å². The minimum atomic E-state index is 1.07. The lowest BCUT2D eigenvalue weighted by molar-refractivity contribution is 1.22. The summed E-state index contributed by atoms with van der Waals surface area (Å²) in [7, 11) is 0. The molecule has 0 bridgehead atoms. The van der Waals surface area contributed by atoms with E-state index in [9.17, 15) is 0 Å². The summed E-state index contributed by atoms with van der Waals surface area (Å²) in [6.45, 7) is 7.70. The zero-order chi connectivity index (χ0) is 9.23. The summed E-state index contributed by atoms with van der Waals surface area (Å²) in [5.74, 6) is 0. The van der Waals surface area contributed by atoms with Crippen molar-refractivity contribution in [2.24, 2.45) is 0 Å². The topological polar surface area (TPSA) is 0 Å². The lowest BCUT2D eigenvalue weighted by atomic mass is 10.2. The molecule has 0 saturated carbocycles. The van der Waals surface area contributed by atoms with E-state index in [2.05, 4.69) is 37.5 Å². The molecule has 0 aliphatic heterocycles. The molecule has 0 atom stereocenters. The van der Waals surface area contributed by atoms with Gasteiger partial charge in [0.05, 0.1) is 0 Å². The summed E-state index contributed by atoms with van der Waals surface area (Å²) in [6, 6.07) is 0. The molecule has 0 aliphatic rings. The highest BCUT2D eigenvalue weighted by Crippen LogP contribution is 1.98. The van der Waals surface area contributed by atoms with Crippen LogP contribution >= 0.6 is 0 Å². The Hall–Kier alpha value is -1.26. The first kappa shape index (κ1) is 10.7. The summed E-state index contributed by atoms with van der Waals surface area (Å²) in [5, 5.41) is 0. The van der Waals surface area contributed by atoms with Gasteiger partial charge in [-0.2, -0.15) is 0 Å². The van der Waals surface area contributed by atoms with Gasteiger partial charge >= 0.3 is 0 Å². The minimum absolute atomic E-state index is 1.07. The fraction of sp³-hybridized carbons (Fsp3) is 0.250. The van der Waals surface area contributed by atoms with E-state index in [4.69, 9.17) is 0 Å². The van der Waals surface area contributed by atoms with Crippen LogP contribution in [0.2, 0.25) is 0 Å². The first-order valence-corrected chi connectivity index (χ1v) is 4.21. The lowest BCUT2D eigenvalue weighted by Crippen LogP contribution is -1.67. The molecular formula is C12H16. The molecule has 0 nitrogen and oxygen atoms in total. The standard InChI is InChI=1S/C12H16/c1-4-7-9-11-12(6-3)10-8-5-2/h4,6-8,10-11H,1,5H2,2-3H3. The molecular weight excluding hydrogens is 144 g/mol. The maximum absolute atomic E-state index is 3.57. The van der Waals surface area contributed by atoms with Crippen molar-refractivity contribution < 1.29 is 0 Å². The first-order valence-electron chi connectivity index (χ1n) is 4.21. The van der Waals surface area contributed by atoms with Crippen LogP contribution in [0.4, 0.5) is 0 Å². The highest BCUT2D eigenvalue weighted by Gasteiger charge is 1.78. The fourth-order valence-electron chi connectivity index (χ4n) is 0.694. The number of rotatable bonds is 4. The number of hydrogen-bond acceptors (Lipinski definition) is 0. The van der Waals surface area contributed by atoms with Gasteiger partial charge in [-0.1, -0.05) is 37.8 Å². The molecule has 0 aromatic heterocycles. The van der Waals surface area contributed by atoms with Gasteiger partial charge in [-0.3, -0.25) is 0 Å². The van der Waals surface area contributed by atoms with Crippen molar-refractivity contribution in [2.75, 3.05) is 0 Å². The molecule has 64 valence electrons. The smallest absolute Gasteiger partial charge is 0.0131 e. The largest absolute Gasteiger partial charge is 0.120 e. The van der Waals surface area contributed by atoms with Crippen LogP contribution in [0.25, 0.3) is 0 Å². The van der Waals surface area contributed by atoms with E-state index in [0.29, 0.717) is 0 Å². The molecule has 12 heavy (non-hydrogen) atoms. The van der Waals surface area contributed by atoms with E-state index in [-0.39, 0.29) is 0 Å². The molecule has 0 heterocycles. The highest BCUT2D eigenvalue weighted by molar-refractivity contribution is 5.29. The Morgan fingerprint density at radius 1 is 1.50 bits per heavy atom. The predicted octanol–water partition coefficient (Wildman–Crippen LogP) is 3.80. The van der Waals surface area contributed by atoms with Crippen molar-refractivity contribution in [1.29, 1.82) is 0 Å². The molecule has 0 amide bonds. The average Bonchev–Trinajstić information content (AvgIpc) is 2.11. The summed E-state index contributed by atoms with van der Waals surface area (Å²) in [4.78, 5) is 0. The van der Waals surface area contributed by atoms with E-state index in [1.165, 1.54) is 5.57 Å². The summed E-state index contributed by atoms with van der Waals surface area (Å²) in [6.07, 6.45) is 12.8. The maximum Gasteiger partial charge on any atom is -0.0131 e. The third-order valence-electron chi connectivity index (χ3n) is 1.34.